The van der Waals surface area contributed by atoms with Crippen LogP contribution in [0.1, 0.15) is 60.9 Å². The van der Waals surface area contributed by atoms with Crippen molar-refractivity contribution in [2.45, 2.75) is 52.5 Å². The molecular formula is C22H30N4O2. The van der Waals surface area contributed by atoms with Gasteiger partial charge < -0.3 is 15.0 Å². The summed E-state index contributed by atoms with van der Waals surface area (Å²) in [6.07, 6.45) is 5.81. The molecule has 0 unspecified atom stereocenters. The van der Waals surface area contributed by atoms with Crippen LogP contribution in [0.2, 0.25) is 0 Å². The molecule has 1 N–H and O–H groups in total. The molecule has 6 heteroatoms. The maximum absolute atomic E-state index is 12.4. The van der Waals surface area contributed by atoms with Crippen LogP contribution in [0, 0.1) is 6.92 Å². The SMILES string of the molecule is CCCCOc1ccc(C(=O)NCc2nc(C)cc(N3CCCCC3)n2)cc1. The molecule has 1 saturated heterocycles. The molecule has 1 aromatic carbocycles. The topological polar surface area (TPSA) is 67.3 Å². The van der Waals surface area contributed by atoms with E-state index in [1.165, 1.54) is 19.3 Å². The Labute approximate surface area is 167 Å². The van der Waals surface area contributed by atoms with Gasteiger partial charge in [0.15, 0.2) is 0 Å². The number of rotatable bonds is 8. The van der Waals surface area contributed by atoms with E-state index in [0.29, 0.717) is 24.5 Å². The summed E-state index contributed by atoms with van der Waals surface area (Å²) in [6.45, 7) is 7.19. The number of aryl methyl sites for hydroxylation is 1. The summed E-state index contributed by atoms with van der Waals surface area (Å²) in [4.78, 5) is 23.9. The second-order valence-electron chi connectivity index (χ2n) is 7.24. The summed E-state index contributed by atoms with van der Waals surface area (Å²) in [5.41, 5.74) is 1.53. The van der Waals surface area contributed by atoms with Crippen LogP contribution in [0.3, 0.4) is 0 Å². The van der Waals surface area contributed by atoms with Gasteiger partial charge in [-0.3, -0.25) is 4.79 Å². The predicted octanol–water partition coefficient (Wildman–Crippen LogP) is 3.88. The van der Waals surface area contributed by atoms with Crippen molar-refractivity contribution in [3.05, 3.63) is 47.4 Å². The molecule has 0 atom stereocenters. The van der Waals surface area contributed by atoms with Crippen molar-refractivity contribution >= 4 is 11.7 Å². The number of ether oxygens (including phenoxy) is 1. The van der Waals surface area contributed by atoms with Crippen molar-refractivity contribution < 1.29 is 9.53 Å². The van der Waals surface area contributed by atoms with E-state index < -0.39 is 0 Å². The second-order valence-corrected chi connectivity index (χ2v) is 7.24. The van der Waals surface area contributed by atoms with Crippen molar-refractivity contribution in [1.82, 2.24) is 15.3 Å². The molecule has 3 rings (SSSR count). The van der Waals surface area contributed by atoms with E-state index in [-0.39, 0.29) is 5.91 Å². The van der Waals surface area contributed by atoms with Crippen molar-refractivity contribution in [1.29, 1.82) is 0 Å². The Morgan fingerprint density at radius 2 is 1.89 bits per heavy atom. The lowest BCUT2D eigenvalue weighted by Gasteiger charge is -2.28. The van der Waals surface area contributed by atoms with E-state index in [1.807, 2.05) is 25.1 Å². The number of benzene rings is 1. The molecule has 1 aliphatic rings. The lowest BCUT2D eigenvalue weighted by molar-refractivity contribution is 0.0950. The van der Waals surface area contributed by atoms with Gasteiger partial charge in [0.2, 0.25) is 0 Å². The molecule has 150 valence electrons. The lowest BCUT2D eigenvalue weighted by atomic mass is 10.1. The van der Waals surface area contributed by atoms with Gasteiger partial charge in [0, 0.05) is 30.4 Å². The normalized spacial score (nSPS) is 14.0. The van der Waals surface area contributed by atoms with E-state index in [2.05, 4.69) is 27.1 Å². The molecule has 0 bridgehead atoms. The van der Waals surface area contributed by atoms with Crippen LogP contribution >= 0.6 is 0 Å². The number of hydrogen-bond acceptors (Lipinski definition) is 5. The number of piperidine rings is 1. The molecule has 1 amide bonds. The van der Waals surface area contributed by atoms with E-state index in [0.717, 1.165) is 43.2 Å². The Kier molecular flexibility index (Phi) is 7.23. The highest BCUT2D eigenvalue weighted by atomic mass is 16.5. The van der Waals surface area contributed by atoms with Gasteiger partial charge >= 0.3 is 0 Å². The zero-order valence-electron chi connectivity index (χ0n) is 16.9. The van der Waals surface area contributed by atoms with Crippen molar-refractivity contribution in [3.63, 3.8) is 0 Å². The summed E-state index contributed by atoms with van der Waals surface area (Å²) in [5, 5.41) is 2.92. The van der Waals surface area contributed by atoms with Crippen molar-refractivity contribution in [2.24, 2.45) is 0 Å². The maximum atomic E-state index is 12.4. The first kappa shape index (κ1) is 20.1. The first-order valence-corrected chi connectivity index (χ1v) is 10.3. The monoisotopic (exact) mass is 382 g/mol. The second kappa shape index (κ2) is 10.1. The highest BCUT2D eigenvalue weighted by Crippen LogP contribution is 2.18. The molecule has 0 aliphatic carbocycles. The largest absolute Gasteiger partial charge is 0.494 e. The Bertz CT molecular complexity index is 771. The van der Waals surface area contributed by atoms with Crippen LogP contribution < -0.4 is 15.0 Å². The minimum absolute atomic E-state index is 0.135. The Balaban J connectivity index is 1.57. The van der Waals surface area contributed by atoms with Gasteiger partial charge in [-0.2, -0.15) is 0 Å². The summed E-state index contributed by atoms with van der Waals surface area (Å²) in [5.74, 6) is 2.27. The molecular weight excluding hydrogens is 352 g/mol. The van der Waals surface area contributed by atoms with Gasteiger partial charge in [-0.25, -0.2) is 9.97 Å². The highest BCUT2D eigenvalue weighted by molar-refractivity contribution is 5.94. The van der Waals surface area contributed by atoms with Gasteiger partial charge in [-0.05, 0) is 56.9 Å². The number of unbranched alkanes of at least 4 members (excludes halogenated alkanes) is 1. The van der Waals surface area contributed by atoms with E-state index >= 15 is 0 Å². The number of carbonyl (C=O) groups is 1. The third-order valence-corrected chi connectivity index (χ3v) is 4.86. The molecule has 1 aliphatic heterocycles. The maximum Gasteiger partial charge on any atom is 0.251 e. The van der Waals surface area contributed by atoms with Crippen LogP contribution in [0.25, 0.3) is 0 Å². The lowest BCUT2D eigenvalue weighted by Crippen LogP contribution is -2.31. The van der Waals surface area contributed by atoms with E-state index in [9.17, 15) is 4.79 Å². The minimum atomic E-state index is -0.135. The predicted molar refractivity (Wildman–Crippen MR) is 111 cm³/mol. The number of nitrogens with one attached hydrogen (secondary N) is 1. The third kappa shape index (κ3) is 5.68. The van der Waals surface area contributed by atoms with Crippen LogP contribution in [-0.2, 0) is 6.54 Å². The summed E-state index contributed by atoms with van der Waals surface area (Å²) < 4.78 is 5.64. The smallest absolute Gasteiger partial charge is 0.251 e. The van der Waals surface area contributed by atoms with Gasteiger partial charge in [0.25, 0.3) is 5.91 Å². The van der Waals surface area contributed by atoms with Crippen molar-refractivity contribution in [3.8, 4) is 5.75 Å². The number of nitrogens with zero attached hydrogens (tertiary/aromatic N) is 3. The van der Waals surface area contributed by atoms with Crippen LogP contribution in [0.4, 0.5) is 5.82 Å². The summed E-state index contributed by atoms with van der Waals surface area (Å²) in [6, 6.07) is 9.26. The van der Waals surface area contributed by atoms with E-state index in [4.69, 9.17) is 4.74 Å². The van der Waals surface area contributed by atoms with E-state index in [1.54, 1.807) is 12.1 Å². The van der Waals surface area contributed by atoms with Gasteiger partial charge in [-0.15, -0.1) is 0 Å². The van der Waals surface area contributed by atoms with Gasteiger partial charge in [-0.1, -0.05) is 13.3 Å². The fourth-order valence-corrected chi connectivity index (χ4v) is 3.27. The Morgan fingerprint density at radius 1 is 1.14 bits per heavy atom. The van der Waals surface area contributed by atoms with Crippen LogP contribution in [0.15, 0.2) is 30.3 Å². The van der Waals surface area contributed by atoms with Gasteiger partial charge in [0.1, 0.15) is 17.4 Å². The molecule has 1 fully saturated rings. The average Bonchev–Trinajstić information content (AvgIpc) is 2.73. The van der Waals surface area contributed by atoms with Gasteiger partial charge in [0.05, 0.1) is 13.2 Å². The number of hydrogen-bond donors (Lipinski definition) is 1. The number of anilines is 1. The molecule has 0 radical (unpaired) electrons. The molecule has 0 spiro atoms. The molecule has 2 heterocycles. The first-order valence-electron chi connectivity index (χ1n) is 10.3. The molecule has 2 aromatic rings. The summed E-state index contributed by atoms with van der Waals surface area (Å²) >= 11 is 0. The molecule has 6 nitrogen and oxygen atoms in total. The molecule has 1 aromatic heterocycles. The zero-order chi connectivity index (χ0) is 19.8. The Morgan fingerprint density at radius 3 is 2.61 bits per heavy atom. The third-order valence-electron chi connectivity index (χ3n) is 4.86. The first-order chi connectivity index (χ1) is 13.7. The fourth-order valence-electron chi connectivity index (χ4n) is 3.27. The van der Waals surface area contributed by atoms with Crippen LogP contribution in [-0.4, -0.2) is 35.6 Å². The minimum Gasteiger partial charge on any atom is -0.494 e. The number of carbonyl (C=O) groups excluding carboxylic acids is 1. The van der Waals surface area contributed by atoms with Crippen molar-refractivity contribution in [2.75, 3.05) is 24.6 Å². The highest BCUT2D eigenvalue weighted by Gasteiger charge is 2.14. The summed E-state index contributed by atoms with van der Waals surface area (Å²) in [7, 11) is 0. The van der Waals surface area contributed by atoms with Crippen LogP contribution in [0.5, 0.6) is 5.75 Å². The molecule has 28 heavy (non-hydrogen) atoms. The quantitative estimate of drug-likeness (QED) is 0.702. The zero-order valence-corrected chi connectivity index (χ0v) is 16.9. The number of amides is 1. The Hall–Kier alpha value is -2.63. The standard InChI is InChI=1S/C22H30N4O2/c1-3-4-14-28-19-10-8-18(9-11-19)22(27)23-16-20-24-17(2)15-21(25-20)26-12-6-5-7-13-26/h8-11,15H,3-7,12-14,16H2,1-2H3,(H,23,27). The molecule has 0 saturated carbocycles. The average molecular weight is 383 g/mol. The number of aromatic nitrogens is 2. The fraction of sp³-hybridized carbons (Fsp3) is 0.500.